The van der Waals surface area contributed by atoms with E-state index in [-0.39, 0.29) is 17.2 Å². The highest BCUT2D eigenvalue weighted by atomic mass is 16.5. The molecule has 2 rings (SSSR count). The van der Waals surface area contributed by atoms with Crippen molar-refractivity contribution in [1.82, 2.24) is 0 Å². The number of hydrogen-bond acceptors (Lipinski definition) is 3. The number of esters is 1. The molecule has 15 heavy (non-hydrogen) atoms. The standard InChI is InChI=1S/C12H16O3/c1-7(15-8(2)13)10-9-4-5-12(3,6-9)11(10)14/h9H,4-6H2,1-3H3/b10-7+/t9-,12+/m1/s1. The smallest absolute Gasteiger partial charge is 0.307 e. The number of allylic oxidation sites excluding steroid dienone is 2. The second kappa shape index (κ2) is 3.19. The maximum absolute atomic E-state index is 12.1. The molecule has 2 fully saturated rings. The van der Waals surface area contributed by atoms with E-state index in [0.29, 0.717) is 11.7 Å². The minimum atomic E-state index is -0.347. The van der Waals surface area contributed by atoms with Gasteiger partial charge >= 0.3 is 5.97 Å². The lowest BCUT2D eigenvalue weighted by molar-refractivity contribution is -0.137. The first-order chi connectivity index (χ1) is 6.94. The molecule has 0 aliphatic heterocycles. The van der Waals surface area contributed by atoms with E-state index in [1.54, 1.807) is 6.92 Å². The summed E-state index contributed by atoms with van der Waals surface area (Å²) in [5.41, 5.74) is 0.584. The third-order valence-corrected chi connectivity index (χ3v) is 3.62. The van der Waals surface area contributed by atoms with Crippen LogP contribution in [0.25, 0.3) is 0 Å². The molecule has 2 saturated carbocycles. The zero-order valence-electron chi connectivity index (χ0n) is 9.42. The summed E-state index contributed by atoms with van der Waals surface area (Å²) in [5, 5.41) is 0. The van der Waals surface area contributed by atoms with Crippen molar-refractivity contribution in [3.8, 4) is 0 Å². The van der Waals surface area contributed by atoms with E-state index in [2.05, 4.69) is 0 Å². The average Bonchev–Trinajstić information content (AvgIpc) is 2.57. The minimum absolute atomic E-state index is 0.179. The summed E-state index contributed by atoms with van der Waals surface area (Å²) in [6.45, 7) is 5.10. The summed E-state index contributed by atoms with van der Waals surface area (Å²) in [7, 11) is 0. The SMILES string of the molecule is CC(=O)O/C(C)=C1/C(=O)[C@@]2(C)CC[C@@H]1C2. The van der Waals surface area contributed by atoms with Crippen molar-refractivity contribution in [3.05, 3.63) is 11.3 Å². The Balaban J connectivity index is 2.32. The number of fused-ring (bicyclic) bond motifs is 2. The minimum Gasteiger partial charge on any atom is -0.431 e. The highest BCUT2D eigenvalue weighted by Gasteiger charge is 2.52. The molecule has 0 aromatic rings. The van der Waals surface area contributed by atoms with Gasteiger partial charge in [0.1, 0.15) is 5.76 Å². The normalized spacial score (nSPS) is 37.0. The molecule has 3 heteroatoms. The van der Waals surface area contributed by atoms with Gasteiger partial charge in [-0.05, 0) is 32.1 Å². The van der Waals surface area contributed by atoms with Crippen molar-refractivity contribution < 1.29 is 14.3 Å². The fourth-order valence-electron chi connectivity index (χ4n) is 2.92. The van der Waals surface area contributed by atoms with E-state index in [0.717, 1.165) is 24.8 Å². The number of Topliss-reactive ketones (excluding diaryl/α,β-unsaturated/α-hetero) is 1. The number of ether oxygens (including phenoxy) is 1. The maximum Gasteiger partial charge on any atom is 0.307 e. The van der Waals surface area contributed by atoms with E-state index in [1.165, 1.54) is 6.92 Å². The van der Waals surface area contributed by atoms with E-state index < -0.39 is 0 Å². The summed E-state index contributed by atoms with van der Waals surface area (Å²) >= 11 is 0. The molecule has 0 unspecified atom stereocenters. The van der Waals surface area contributed by atoms with Crippen LogP contribution < -0.4 is 0 Å². The first-order valence-corrected chi connectivity index (χ1v) is 5.38. The van der Waals surface area contributed by atoms with Crippen LogP contribution in [0.15, 0.2) is 11.3 Å². The Morgan fingerprint density at radius 2 is 2.13 bits per heavy atom. The number of carbonyl (C=O) groups excluding carboxylic acids is 2. The molecule has 2 atom stereocenters. The monoisotopic (exact) mass is 208 g/mol. The van der Waals surface area contributed by atoms with Gasteiger partial charge in [0, 0.05) is 17.9 Å². The van der Waals surface area contributed by atoms with Crippen LogP contribution in [0.4, 0.5) is 0 Å². The lowest BCUT2D eigenvalue weighted by atomic mass is 9.83. The predicted molar refractivity (Wildman–Crippen MR) is 54.9 cm³/mol. The number of carbonyl (C=O) groups is 2. The predicted octanol–water partition coefficient (Wildman–Crippen LogP) is 2.21. The zero-order chi connectivity index (χ0) is 11.2. The van der Waals surface area contributed by atoms with Crippen molar-refractivity contribution in [3.63, 3.8) is 0 Å². The molecule has 2 aliphatic carbocycles. The van der Waals surface area contributed by atoms with Crippen LogP contribution in [-0.4, -0.2) is 11.8 Å². The van der Waals surface area contributed by atoms with Gasteiger partial charge in [-0.1, -0.05) is 6.92 Å². The van der Waals surface area contributed by atoms with Crippen molar-refractivity contribution >= 4 is 11.8 Å². The van der Waals surface area contributed by atoms with Gasteiger partial charge in [-0.25, -0.2) is 0 Å². The summed E-state index contributed by atoms with van der Waals surface area (Å²) in [4.78, 5) is 22.9. The summed E-state index contributed by atoms with van der Waals surface area (Å²) in [5.74, 6) is 0.681. The highest BCUT2D eigenvalue weighted by molar-refractivity contribution is 6.04. The highest BCUT2D eigenvalue weighted by Crippen LogP contribution is 2.54. The van der Waals surface area contributed by atoms with Crippen LogP contribution in [0.3, 0.4) is 0 Å². The van der Waals surface area contributed by atoms with Crippen molar-refractivity contribution in [1.29, 1.82) is 0 Å². The average molecular weight is 208 g/mol. The van der Waals surface area contributed by atoms with Gasteiger partial charge < -0.3 is 4.74 Å². The molecule has 0 amide bonds. The molecular weight excluding hydrogens is 192 g/mol. The Morgan fingerprint density at radius 1 is 1.47 bits per heavy atom. The van der Waals surface area contributed by atoms with Gasteiger partial charge in [0.25, 0.3) is 0 Å². The van der Waals surface area contributed by atoms with Crippen molar-refractivity contribution in [2.45, 2.75) is 40.0 Å². The lowest BCUT2D eigenvalue weighted by Crippen LogP contribution is -2.24. The van der Waals surface area contributed by atoms with Gasteiger partial charge in [0.2, 0.25) is 0 Å². The Kier molecular flexibility index (Phi) is 2.21. The third-order valence-electron chi connectivity index (χ3n) is 3.62. The van der Waals surface area contributed by atoms with Crippen LogP contribution in [0.1, 0.15) is 40.0 Å². The zero-order valence-corrected chi connectivity index (χ0v) is 9.42. The van der Waals surface area contributed by atoms with Gasteiger partial charge in [-0.15, -0.1) is 0 Å². The van der Waals surface area contributed by atoms with Crippen LogP contribution in [0.5, 0.6) is 0 Å². The van der Waals surface area contributed by atoms with Gasteiger partial charge in [-0.3, -0.25) is 9.59 Å². The van der Waals surface area contributed by atoms with Gasteiger partial charge in [-0.2, -0.15) is 0 Å². The molecule has 0 spiro atoms. The number of ketones is 1. The lowest BCUT2D eigenvalue weighted by Gasteiger charge is -2.21. The Labute approximate surface area is 89.5 Å². The van der Waals surface area contributed by atoms with Crippen LogP contribution in [-0.2, 0) is 14.3 Å². The Bertz CT molecular complexity index is 367. The van der Waals surface area contributed by atoms with Crippen molar-refractivity contribution in [2.75, 3.05) is 0 Å². The maximum atomic E-state index is 12.1. The van der Waals surface area contributed by atoms with Crippen LogP contribution in [0.2, 0.25) is 0 Å². The van der Waals surface area contributed by atoms with E-state index in [1.807, 2.05) is 6.92 Å². The summed E-state index contributed by atoms with van der Waals surface area (Å²) < 4.78 is 5.02. The molecule has 0 aromatic carbocycles. The molecule has 0 saturated heterocycles. The van der Waals surface area contributed by atoms with Gasteiger partial charge in [0.15, 0.2) is 5.78 Å². The molecule has 3 nitrogen and oxygen atoms in total. The van der Waals surface area contributed by atoms with Crippen LogP contribution in [0, 0.1) is 11.3 Å². The van der Waals surface area contributed by atoms with E-state index in [4.69, 9.17) is 4.74 Å². The Hall–Kier alpha value is -1.12. The third kappa shape index (κ3) is 1.50. The Morgan fingerprint density at radius 3 is 2.60 bits per heavy atom. The van der Waals surface area contributed by atoms with E-state index >= 15 is 0 Å². The molecule has 2 bridgehead atoms. The first-order valence-electron chi connectivity index (χ1n) is 5.38. The molecule has 2 aliphatic rings. The molecule has 0 aromatic heterocycles. The van der Waals surface area contributed by atoms with Crippen LogP contribution >= 0.6 is 0 Å². The van der Waals surface area contributed by atoms with E-state index in [9.17, 15) is 9.59 Å². The number of hydrogen-bond donors (Lipinski definition) is 0. The molecule has 0 radical (unpaired) electrons. The first kappa shape index (κ1) is 10.4. The summed E-state index contributed by atoms with van der Waals surface area (Å²) in [6.07, 6.45) is 2.96. The molecule has 0 N–H and O–H groups in total. The largest absolute Gasteiger partial charge is 0.431 e. The molecular formula is C12H16O3. The second-order valence-corrected chi connectivity index (χ2v) is 4.89. The molecule has 0 heterocycles. The second-order valence-electron chi connectivity index (χ2n) is 4.89. The fourth-order valence-corrected chi connectivity index (χ4v) is 2.92. The van der Waals surface area contributed by atoms with Crippen molar-refractivity contribution in [2.24, 2.45) is 11.3 Å². The molecule has 82 valence electrons. The summed E-state index contributed by atoms with van der Waals surface area (Å²) in [6, 6.07) is 0. The topological polar surface area (TPSA) is 43.4 Å². The quantitative estimate of drug-likeness (QED) is 0.377. The van der Waals surface area contributed by atoms with Gasteiger partial charge in [0.05, 0.1) is 0 Å². The fraction of sp³-hybridized carbons (Fsp3) is 0.667. The number of rotatable bonds is 1.